The fourth-order valence-corrected chi connectivity index (χ4v) is 5.94. The quantitative estimate of drug-likeness (QED) is 0.633. The van der Waals surface area contributed by atoms with Crippen LogP contribution in [0.5, 0.6) is 0 Å². The summed E-state index contributed by atoms with van der Waals surface area (Å²) in [5, 5.41) is 0.0825. The molecule has 0 aliphatic carbocycles. The molecule has 1 aliphatic rings. The molecular weight excluding hydrogens is 386 g/mol. The zero-order chi connectivity index (χ0) is 20.7. The summed E-state index contributed by atoms with van der Waals surface area (Å²) in [5.74, 6) is 0. The van der Waals surface area contributed by atoms with E-state index in [0.717, 1.165) is 16.8 Å². The summed E-state index contributed by atoms with van der Waals surface area (Å²) in [6.45, 7) is 13.4. The maximum atomic E-state index is 13.5. The van der Waals surface area contributed by atoms with Crippen LogP contribution in [0.2, 0.25) is 18.1 Å². The molecule has 0 N–H and O–H groups in total. The standard InChI is InChI=1S/C22H31NO3SSi/c1-17-11-13-20(14-12-17)27(24,25)23-19(15-18-9-7-8-10-21(18)23)16-26-28(5,6)22(2,3)4/h7-14,19H,15-16H2,1-6H3/t19-/m0/s1. The smallest absolute Gasteiger partial charge is 0.264 e. The van der Waals surface area contributed by atoms with Gasteiger partial charge in [0.05, 0.1) is 23.2 Å². The van der Waals surface area contributed by atoms with Crippen molar-refractivity contribution in [1.29, 1.82) is 0 Å². The SMILES string of the molecule is Cc1ccc(S(=O)(=O)N2c3ccccc3C[C@H]2CO[Si](C)(C)C(C)(C)C)cc1. The lowest BCUT2D eigenvalue weighted by Gasteiger charge is -2.38. The van der Waals surface area contributed by atoms with Crippen LogP contribution in [-0.4, -0.2) is 29.4 Å². The van der Waals surface area contributed by atoms with E-state index >= 15 is 0 Å². The number of anilines is 1. The first-order valence-electron chi connectivity index (χ1n) is 9.76. The second kappa shape index (κ2) is 7.32. The molecule has 2 aromatic rings. The first kappa shape index (κ1) is 21.1. The minimum atomic E-state index is -3.65. The van der Waals surface area contributed by atoms with E-state index in [9.17, 15) is 8.42 Å². The van der Waals surface area contributed by atoms with Gasteiger partial charge in [-0.25, -0.2) is 8.42 Å². The number of aryl methyl sites for hydroxylation is 1. The van der Waals surface area contributed by atoms with Crippen molar-refractivity contribution in [3.63, 3.8) is 0 Å². The first-order valence-corrected chi connectivity index (χ1v) is 14.1. The minimum absolute atomic E-state index is 0.0825. The largest absolute Gasteiger partial charge is 0.415 e. The lowest BCUT2D eigenvalue weighted by Crippen LogP contribution is -2.47. The van der Waals surface area contributed by atoms with Gasteiger partial charge in [0.25, 0.3) is 10.0 Å². The topological polar surface area (TPSA) is 46.6 Å². The van der Waals surface area contributed by atoms with E-state index in [4.69, 9.17) is 4.43 Å². The van der Waals surface area contributed by atoms with Crippen LogP contribution >= 0.6 is 0 Å². The molecule has 0 spiro atoms. The Labute approximate surface area is 170 Å². The van der Waals surface area contributed by atoms with Gasteiger partial charge < -0.3 is 4.43 Å². The van der Waals surface area contributed by atoms with Gasteiger partial charge in [0, 0.05) is 0 Å². The third-order valence-corrected chi connectivity index (χ3v) is 12.4. The van der Waals surface area contributed by atoms with Crippen molar-refractivity contribution in [2.75, 3.05) is 10.9 Å². The average Bonchev–Trinajstić information content (AvgIpc) is 2.98. The van der Waals surface area contributed by atoms with E-state index in [1.165, 1.54) is 0 Å². The maximum Gasteiger partial charge on any atom is 0.264 e. The molecule has 0 saturated carbocycles. The van der Waals surface area contributed by atoms with E-state index in [0.29, 0.717) is 17.9 Å². The Hall–Kier alpha value is -1.63. The summed E-state index contributed by atoms with van der Waals surface area (Å²) in [6.07, 6.45) is 0.676. The van der Waals surface area contributed by atoms with Crippen molar-refractivity contribution in [1.82, 2.24) is 0 Å². The number of benzene rings is 2. The molecule has 0 fully saturated rings. The van der Waals surface area contributed by atoms with Gasteiger partial charge in [0.15, 0.2) is 8.32 Å². The Balaban J connectivity index is 1.96. The van der Waals surface area contributed by atoms with Gasteiger partial charge in [-0.1, -0.05) is 56.7 Å². The fourth-order valence-electron chi connectivity index (χ4n) is 3.23. The number of hydrogen-bond acceptors (Lipinski definition) is 3. The molecule has 1 aliphatic heterocycles. The predicted octanol–water partition coefficient (Wildman–Crippen LogP) is 5.14. The molecule has 6 heteroatoms. The van der Waals surface area contributed by atoms with Crippen LogP contribution < -0.4 is 4.31 Å². The van der Waals surface area contributed by atoms with Crippen LogP contribution in [0.1, 0.15) is 31.9 Å². The third-order valence-electron chi connectivity index (χ3n) is 6.04. The number of hydrogen-bond donors (Lipinski definition) is 0. The van der Waals surface area contributed by atoms with Gasteiger partial charge in [0.2, 0.25) is 0 Å². The molecule has 28 heavy (non-hydrogen) atoms. The second-order valence-electron chi connectivity index (χ2n) is 9.17. The Bertz CT molecular complexity index is 946. The van der Waals surface area contributed by atoms with Crippen molar-refractivity contribution in [2.24, 2.45) is 0 Å². The monoisotopic (exact) mass is 417 g/mol. The molecule has 0 amide bonds. The van der Waals surface area contributed by atoms with Crippen LogP contribution in [0, 0.1) is 6.92 Å². The fraction of sp³-hybridized carbons (Fsp3) is 0.455. The van der Waals surface area contributed by atoms with Crippen molar-refractivity contribution in [3.8, 4) is 0 Å². The lowest BCUT2D eigenvalue weighted by molar-refractivity contribution is 0.267. The average molecular weight is 418 g/mol. The summed E-state index contributed by atoms with van der Waals surface area (Å²) in [6, 6.07) is 14.6. The molecule has 0 bridgehead atoms. The molecule has 2 aromatic carbocycles. The highest BCUT2D eigenvalue weighted by Crippen LogP contribution is 2.40. The van der Waals surface area contributed by atoms with Crippen LogP contribution in [0.15, 0.2) is 53.4 Å². The molecule has 0 aromatic heterocycles. The Kier molecular flexibility index (Phi) is 5.51. The molecular formula is C22H31NO3SSi. The number of fused-ring (bicyclic) bond motifs is 1. The second-order valence-corrected chi connectivity index (χ2v) is 15.8. The summed E-state index contributed by atoms with van der Waals surface area (Å²) >= 11 is 0. The molecule has 0 radical (unpaired) electrons. The Morgan fingerprint density at radius 3 is 2.29 bits per heavy atom. The minimum Gasteiger partial charge on any atom is -0.415 e. The first-order chi connectivity index (χ1) is 12.9. The van der Waals surface area contributed by atoms with Crippen LogP contribution in [0.4, 0.5) is 5.69 Å². The van der Waals surface area contributed by atoms with Gasteiger partial charge >= 0.3 is 0 Å². The van der Waals surface area contributed by atoms with E-state index < -0.39 is 18.3 Å². The molecule has 3 rings (SSSR count). The zero-order valence-electron chi connectivity index (χ0n) is 17.7. The van der Waals surface area contributed by atoms with E-state index in [1.807, 2.05) is 43.3 Å². The number of nitrogens with zero attached hydrogens (tertiary/aromatic N) is 1. The Morgan fingerprint density at radius 2 is 1.68 bits per heavy atom. The predicted molar refractivity (Wildman–Crippen MR) is 118 cm³/mol. The third kappa shape index (κ3) is 3.91. The summed E-state index contributed by atoms with van der Waals surface area (Å²) in [4.78, 5) is 0.326. The van der Waals surface area contributed by atoms with E-state index in [1.54, 1.807) is 16.4 Å². The summed E-state index contributed by atoms with van der Waals surface area (Å²) < 4.78 is 35.0. The van der Waals surface area contributed by atoms with Crippen LogP contribution in [0.3, 0.4) is 0 Å². The highest BCUT2D eigenvalue weighted by molar-refractivity contribution is 7.92. The van der Waals surface area contributed by atoms with Crippen molar-refractivity contribution in [2.45, 2.75) is 63.2 Å². The van der Waals surface area contributed by atoms with Gasteiger partial charge in [0.1, 0.15) is 0 Å². The number of para-hydroxylation sites is 1. The van der Waals surface area contributed by atoms with Gasteiger partial charge in [-0.2, -0.15) is 0 Å². The molecule has 152 valence electrons. The normalized spacial score (nSPS) is 17.6. The number of rotatable bonds is 5. The van der Waals surface area contributed by atoms with Crippen molar-refractivity contribution in [3.05, 3.63) is 59.7 Å². The summed E-state index contributed by atoms with van der Waals surface area (Å²) in [5.41, 5.74) is 2.87. The Morgan fingerprint density at radius 1 is 1.07 bits per heavy atom. The maximum absolute atomic E-state index is 13.5. The van der Waals surface area contributed by atoms with Crippen molar-refractivity contribution >= 4 is 24.0 Å². The summed E-state index contributed by atoms with van der Waals surface area (Å²) in [7, 11) is -5.63. The molecule has 4 nitrogen and oxygen atoms in total. The molecule has 0 unspecified atom stereocenters. The number of sulfonamides is 1. The molecule has 1 atom stereocenters. The van der Waals surface area contributed by atoms with Crippen LogP contribution in [-0.2, 0) is 20.9 Å². The van der Waals surface area contributed by atoms with Crippen LogP contribution in [0.25, 0.3) is 0 Å². The highest BCUT2D eigenvalue weighted by atomic mass is 32.2. The van der Waals surface area contributed by atoms with Crippen molar-refractivity contribution < 1.29 is 12.8 Å². The van der Waals surface area contributed by atoms with Gasteiger partial charge in [-0.05, 0) is 55.2 Å². The van der Waals surface area contributed by atoms with E-state index in [-0.39, 0.29) is 11.1 Å². The molecule has 0 saturated heterocycles. The lowest BCUT2D eigenvalue weighted by atomic mass is 10.1. The molecule has 1 heterocycles. The van der Waals surface area contributed by atoms with Gasteiger partial charge in [-0.15, -0.1) is 0 Å². The van der Waals surface area contributed by atoms with Gasteiger partial charge in [-0.3, -0.25) is 4.31 Å². The highest BCUT2D eigenvalue weighted by Gasteiger charge is 2.42. The zero-order valence-corrected chi connectivity index (χ0v) is 19.5. The van der Waals surface area contributed by atoms with E-state index in [2.05, 4.69) is 33.9 Å².